The van der Waals surface area contributed by atoms with Gasteiger partial charge >= 0.3 is 0 Å². The molecule has 1 amide bonds. The van der Waals surface area contributed by atoms with E-state index in [1.807, 2.05) is 56.6 Å². The lowest BCUT2D eigenvalue weighted by molar-refractivity contribution is -0.129. The van der Waals surface area contributed by atoms with E-state index in [-0.39, 0.29) is 11.7 Å². The van der Waals surface area contributed by atoms with Crippen LogP contribution in [0.3, 0.4) is 0 Å². The average molecular weight is 461 g/mol. The highest BCUT2D eigenvalue weighted by atomic mass is 35.5. The van der Waals surface area contributed by atoms with Crippen LogP contribution in [0.1, 0.15) is 9.75 Å². The van der Waals surface area contributed by atoms with Crippen molar-refractivity contribution in [2.75, 3.05) is 5.75 Å². The van der Waals surface area contributed by atoms with Gasteiger partial charge in [-0.1, -0.05) is 41.6 Å². The normalized spacial score (nSPS) is 10.9. The molecule has 0 atom stereocenters. The molecule has 4 aromatic rings. The fourth-order valence-corrected chi connectivity index (χ4v) is 5.21. The highest BCUT2D eigenvalue weighted by molar-refractivity contribution is 7.99. The second-order valence-electron chi connectivity index (χ2n) is 6.16. The summed E-state index contributed by atoms with van der Waals surface area (Å²) in [5.74, 6) is 0.355. The second-order valence-corrected chi connectivity index (χ2v) is 9.60. The van der Waals surface area contributed by atoms with Crippen molar-refractivity contribution in [3.05, 3.63) is 80.4 Å². The summed E-state index contributed by atoms with van der Waals surface area (Å²) in [7, 11) is 0. The Balaban J connectivity index is 1.46. The summed E-state index contributed by atoms with van der Waals surface area (Å²) in [5.41, 5.74) is 0.867. The number of carbonyl (C=O) groups excluding carboxylic acids is 1. The van der Waals surface area contributed by atoms with Crippen molar-refractivity contribution in [1.82, 2.24) is 19.7 Å². The van der Waals surface area contributed by atoms with Crippen LogP contribution >= 0.6 is 46.0 Å². The molecule has 9 heteroatoms. The van der Waals surface area contributed by atoms with Crippen LogP contribution in [0.5, 0.6) is 0 Å². The Morgan fingerprint density at radius 2 is 1.79 bits per heavy atom. The SMILES string of the molecule is O=C(CSc1nncn1-c1cccc(Cl)c1)N(Cc1cccs1)Cc1cccs1. The van der Waals surface area contributed by atoms with Crippen molar-refractivity contribution in [3.8, 4) is 5.69 Å². The van der Waals surface area contributed by atoms with E-state index in [2.05, 4.69) is 22.3 Å². The molecule has 0 spiro atoms. The van der Waals surface area contributed by atoms with Gasteiger partial charge < -0.3 is 4.90 Å². The summed E-state index contributed by atoms with van der Waals surface area (Å²) >= 11 is 10.8. The number of benzene rings is 1. The van der Waals surface area contributed by atoms with E-state index < -0.39 is 0 Å². The van der Waals surface area contributed by atoms with Crippen LogP contribution < -0.4 is 0 Å². The molecule has 1 aromatic carbocycles. The lowest BCUT2D eigenvalue weighted by atomic mass is 10.3. The number of nitrogens with zero attached hydrogens (tertiary/aromatic N) is 4. The summed E-state index contributed by atoms with van der Waals surface area (Å²) < 4.78 is 1.84. The molecule has 0 unspecified atom stereocenters. The Bertz CT molecular complexity index is 1030. The van der Waals surface area contributed by atoms with E-state index in [1.54, 1.807) is 29.0 Å². The molecule has 0 radical (unpaired) electrons. The van der Waals surface area contributed by atoms with E-state index in [9.17, 15) is 4.79 Å². The molecule has 3 aromatic heterocycles. The third-order valence-corrected chi connectivity index (χ3v) is 7.02. The smallest absolute Gasteiger partial charge is 0.233 e. The average Bonchev–Trinajstić information content (AvgIpc) is 3.48. The third-order valence-electron chi connectivity index (χ3n) is 4.13. The number of hydrogen-bond acceptors (Lipinski definition) is 6. The monoisotopic (exact) mass is 460 g/mol. The van der Waals surface area contributed by atoms with Crippen LogP contribution in [0, 0.1) is 0 Å². The zero-order valence-corrected chi connectivity index (χ0v) is 18.5. The first-order valence-corrected chi connectivity index (χ1v) is 11.9. The first kappa shape index (κ1) is 20.2. The van der Waals surface area contributed by atoms with E-state index >= 15 is 0 Å². The molecule has 0 aliphatic rings. The number of carbonyl (C=O) groups is 1. The molecule has 0 aliphatic carbocycles. The number of hydrogen-bond donors (Lipinski definition) is 0. The molecule has 0 saturated heterocycles. The summed E-state index contributed by atoms with van der Waals surface area (Å²) in [6.07, 6.45) is 1.63. The molecule has 0 fully saturated rings. The van der Waals surface area contributed by atoms with Gasteiger partial charge in [-0.05, 0) is 41.1 Å². The van der Waals surface area contributed by atoms with Crippen LogP contribution in [-0.4, -0.2) is 31.3 Å². The molecular formula is C20H17ClN4OS3. The van der Waals surface area contributed by atoms with E-state index in [1.165, 1.54) is 21.5 Å². The lowest BCUT2D eigenvalue weighted by Gasteiger charge is -2.21. The first-order chi connectivity index (χ1) is 14.2. The van der Waals surface area contributed by atoms with Gasteiger partial charge in [0.2, 0.25) is 5.91 Å². The van der Waals surface area contributed by atoms with E-state index in [0.717, 1.165) is 5.69 Å². The maximum atomic E-state index is 13.0. The summed E-state index contributed by atoms with van der Waals surface area (Å²) in [6.45, 7) is 1.21. The van der Waals surface area contributed by atoms with Gasteiger partial charge in [-0.3, -0.25) is 9.36 Å². The summed E-state index contributed by atoms with van der Waals surface area (Å²) in [4.78, 5) is 17.3. The summed E-state index contributed by atoms with van der Waals surface area (Å²) in [6, 6.07) is 15.6. The van der Waals surface area contributed by atoms with Gasteiger partial charge in [0.1, 0.15) is 6.33 Å². The minimum Gasteiger partial charge on any atom is -0.332 e. The molecule has 0 aliphatic heterocycles. The topological polar surface area (TPSA) is 51.0 Å². The molecule has 148 valence electrons. The highest BCUT2D eigenvalue weighted by Crippen LogP contribution is 2.23. The van der Waals surface area contributed by atoms with Crippen molar-refractivity contribution in [2.45, 2.75) is 18.2 Å². The number of rotatable bonds is 8. The molecule has 0 N–H and O–H groups in total. The Labute approximate surface area is 186 Å². The van der Waals surface area contributed by atoms with Gasteiger partial charge in [0.15, 0.2) is 5.16 Å². The lowest BCUT2D eigenvalue weighted by Crippen LogP contribution is -2.31. The predicted octanol–water partition coefficient (Wildman–Crippen LogP) is 5.36. The van der Waals surface area contributed by atoms with Crippen molar-refractivity contribution in [3.63, 3.8) is 0 Å². The minimum atomic E-state index is 0.0671. The van der Waals surface area contributed by atoms with Gasteiger partial charge in [0.05, 0.1) is 24.5 Å². The van der Waals surface area contributed by atoms with Crippen molar-refractivity contribution < 1.29 is 4.79 Å². The van der Waals surface area contributed by atoms with Crippen molar-refractivity contribution in [2.24, 2.45) is 0 Å². The highest BCUT2D eigenvalue weighted by Gasteiger charge is 2.18. The van der Waals surface area contributed by atoms with Crippen LogP contribution in [0.2, 0.25) is 5.02 Å². The largest absolute Gasteiger partial charge is 0.332 e. The van der Waals surface area contributed by atoms with Crippen LogP contribution in [0.25, 0.3) is 5.69 Å². The van der Waals surface area contributed by atoms with Crippen LogP contribution in [0.15, 0.2) is 70.8 Å². The van der Waals surface area contributed by atoms with Gasteiger partial charge in [-0.2, -0.15) is 0 Å². The van der Waals surface area contributed by atoms with Crippen molar-refractivity contribution in [1.29, 1.82) is 0 Å². The van der Waals surface area contributed by atoms with Crippen LogP contribution in [-0.2, 0) is 17.9 Å². The molecule has 0 bridgehead atoms. The molecule has 4 rings (SSSR count). The fraction of sp³-hybridized carbons (Fsp3) is 0.150. The standard InChI is InChI=1S/C20H17ClN4OS3/c21-15-4-1-5-16(10-15)25-14-22-23-20(25)29-13-19(26)24(11-17-6-2-8-27-17)12-18-7-3-9-28-18/h1-10,14H,11-13H2. The molecular weight excluding hydrogens is 444 g/mol. The van der Waals surface area contributed by atoms with Gasteiger partial charge in [-0.25, -0.2) is 0 Å². The van der Waals surface area contributed by atoms with Crippen molar-refractivity contribution >= 4 is 51.9 Å². The van der Waals surface area contributed by atoms with Gasteiger partial charge in [-0.15, -0.1) is 32.9 Å². The molecule has 29 heavy (non-hydrogen) atoms. The van der Waals surface area contributed by atoms with Gasteiger partial charge in [0, 0.05) is 14.8 Å². The molecule has 0 saturated carbocycles. The third kappa shape index (κ3) is 5.27. The Kier molecular flexibility index (Phi) is 6.66. The minimum absolute atomic E-state index is 0.0671. The number of amides is 1. The predicted molar refractivity (Wildman–Crippen MR) is 120 cm³/mol. The van der Waals surface area contributed by atoms with Crippen LogP contribution in [0.4, 0.5) is 0 Å². The van der Waals surface area contributed by atoms with E-state index in [4.69, 9.17) is 11.6 Å². The number of thioether (sulfide) groups is 1. The Hall–Kier alpha value is -2.13. The Morgan fingerprint density at radius 3 is 2.41 bits per heavy atom. The van der Waals surface area contributed by atoms with E-state index in [0.29, 0.717) is 23.3 Å². The zero-order chi connectivity index (χ0) is 20.1. The first-order valence-electron chi connectivity index (χ1n) is 8.80. The number of halogens is 1. The quantitative estimate of drug-likeness (QED) is 0.332. The summed E-state index contributed by atoms with van der Waals surface area (Å²) in [5, 5.41) is 13.5. The maximum Gasteiger partial charge on any atom is 0.233 e. The fourth-order valence-electron chi connectivity index (χ4n) is 2.76. The maximum absolute atomic E-state index is 13.0. The zero-order valence-electron chi connectivity index (χ0n) is 15.3. The number of aromatic nitrogens is 3. The van der Waals surface area contributed by atoms with Gasteiger partial charge in [0.25, 0.3) is 0 Å². The molecule has 3 heterocycles. The number of thiophene rings is 2. The Morgan fingerprint density at radius 1 is 1.07 bits per heavy atom. The second kappa shape index (κ2) is 9.58. The molecule has 5 nitrogen and oxygen atoms in total.